The normalized spacial score (nSPS) is 20.3. The molecule has 4 N–H and O–H groups in total. The van der Waals surface area contributed by atoms with Gasteiger partial charge in [-0.05, 0) is 69.6 Å². The summed E-state index contributed by atoms with van der Waals surface area (Å²) in [6, 6.07) is 4.78. The molecule has 5 rings (SSSR count). The van der Waals surface area contributed by atoms with Crippen molar-refractivity contribution in [3.05, 3.63) is 41.6 Å². The number of aryl methyl sites for hydroxylation is 1. The maximum atomic E-state index is 14.2. The molecule has 2 aliphatic carbocycles. The Kier molecular flexibility index (Phi) is 6.86. The average molecular weight is 474 g/mol. The molecule has 9 heteroatoms. The van der Waals surface area contributed by atoms with E-state index in [2.05, 4.69) is 20.3 Å². The highest BCUT2D eigenvalue weighted by atomic mass is 35.5. The number of carbonyl (C=O) groups excluding carboxylic acids is 1. The monoisotopic (exact) mass is 473 g/mol. The Balaban J connectivity index is 0.00000259. The number of hydrogen-bond acceptors (Lipinski definition) is 5. The average Bonchev–Trinajstić information content (AvgIpc) is 3.54. The number of aromatic nitrogens is 3. The molecule has 2 saturated carbocycles. The standard InChI is InChI=1S/C24H28FN5O2.ClH/c1-13-20(24(31)30-17-7-5-16(26)6-8-17)22-23(29-13)21(27-12-28-22)18-10-15(25)4-9-19(18)32-11-14-2-3-14;/h4,9-10,12,14,16-17,29H,2-3,5-8,11,26H2,1H3,(H,30,31);1H/t16-,17+;. The molecule has 176 valence electrons. The van der Waals surface area contributed by atoms with E-state index in [9.17, 15) is 9.18 Å². The second-order valence-electron chi connectivity index (χ2n) is 9.05. The minimum atomic E-state index is -0.373. The smallest absolute Gasteiger partial charge is 0.255 e. The van der Waals surface area contributed by atoms with Crippen LogP contribution in [0.4, 0.5) is 4.39 Å². The number of amides is 1. The van der Waals surface area contributed by atoms with Gasteiger partial charge in [-0.25, -0.2) is 14.4 Å². The van der Waals surface area contributed by atoms with Crippen LogP contribution in [-0.2, 0) is 0 Å². The molecule has 0 saturated heterocycles. The van der Waals surface area contributed by atoms with E-state index in [4.69, 9.17) is 10.5 Å². The Morgan fingerprint density at radius 3 is 2.70 bits per heavy atom. The lowest BCUT2D eigenvalue weighted by atomic mass is 9.91. The highest BCUT2D eigenvalue weighted by molar-refractivity contribution is 6.09. The van der Waals surface area contributed by atoms with Crippen molar-refractivity contribution in [2.45, 2.75) is 57.5 Å². The highest BCUT2D eigenvalue weighted by Crippen LogP contribution is 2.36. The zero-order valence-electron chi connectivity index (χ0n) is 18.6. The lowest BCUT2D eigenvalue weighted by Gasteiger charge is -2.26. The minimum absolute atomic E-state index is 0. The van der Waals surface area contributed by atoms with Gasteiger partial charge in [-0.2, -0.15) is 0 Å². The van der Waals surface area contributed by atoms with Crippen LogP contribution >= 0.6 is 12.4 Å². The van der Waals surface area contributed by atoms with Gasteiger partial charge in [0.15, 0.2) is 0 Å². The van der Waals surface area contributed by atoms with E-state index in [0.717, 1.165) is 38.5 Å². The third kappa shape index (κ3) is 4.96. The van der Waals surface area contributed by atoms with Gasteiger partial charge >= 0.3 is 0 Å². The minimum Gasteiger partial charge on any atom is -0.493 e. The molecule has 1 aromatic carbocycles. The summed E-state index contributed by atoms with van der Waals surface area (Å²) in [4.78, 5) is 25.2. The van der Waals surface area contributed by atoms with Crippen LogP contribution in [0.5, 0.6) is 5.75 Å². The molecule has 2 heterocycles. The van der Waals surface area contributed by atoms with E-state index in [-0.39, 0.29) is 36.2 Å². The van der Waals surface area contributed by atoms with Crippen LogP contribution in [0.15, 0.2) is 24.5 Å². The number of halogens is 2. The zero-order valence-corrected chi connectivity index (χ0v) is 19.4. The van der Waals surface area contributed by atoms with Crippen LogP contribution in [0.25, 0.3) is 22.3 Å². The Morgan fingerprint density at radius 2 is 1.97 bits per heavy atom. The van der Waals surface area contributed by atoms with Crippen molar-refractivity contribution in [1.82, 2.24) is 20.3 Å². The fraction of sp³-hybridized carbons (Fsp3) is 0.458. The van der Waals surface area contributed by atoms with Gasteiger partial charge in [0.2, 0.25) is 0 Å². The molecular weight excluding hydrogens is 445 g/mol. The summed E-state index contributed by atoms with van der Waals surface area (Å²) in [5, 5.41) is 3.13. The Morgan fingerprint density at radius 1 is 1.21 bits per heavy atom. The summed E-state index contributed by atoms with van der Waals surface area (Å²) in [7, 11) is 0. The lowest BCUT2D eigenvalue weighted by molar-refractivity contribution is 0.0927. The summed E-state index contributed by atoms with van der Waals surface area (Å²) in [6.07, 6.45) is 7.31. The molecule has 0 aliphatic heterocycles. The second-order valence-corrected chi connectivity index (χ2v) is 9.05. The van der Waals surface area contributed by atoms with Gasteiger partial charge in [-0.3, -0.25) is 4.79 Å². The Hall–Kier alpha value is -2.71. The van der Waals surface area contributed by atoms with Crippen LogP contribution in [0.2, 0.25) is 0 Å². The molecule has 0 unspecified atom stereocenters. The molecule has 0 atom stereocenters. The Labute approximate surface area is 198 Å². The molecule has 2 fully saturated rings. The first-order chi connectivity index (χ1) is 15.5. The van der Waals surface area contributed by atoms with Gasteiger partial charge < -0.3 is 20.8 Å². The summed E-state index contributed by atoms with van der Waals surface area (Å²) in [5.41, 5.74) is 9.37. The van der Waals surface area contributed by atoms with Gasteiger partial charge in [-0.15, -0.1) is 12.4 Å². The third-order valence-corrected chi connectivity index (χ3v) is 6.47. The summed E-state index contributed by atoms with van der Waals surface area (Å²) >= 11 is 0. The number of nitrogens with two attached hydrogens (primary N) is 1. The van der Waals surface area contributed by atoms with Crippen LogP contribution in [0, 0.1) is 18.7 Å². The van der Waals surface area contributed by atoms with E-state index in [1.165, 1.54) is 18.5 Å². The van der Waals surface area contributed by atoms with Gasteiger partial charge in [-0.1, -0.05) is 0 Å². The van der Waals surface area contributed by atoms with Crippen LogP contribution in [-0.4, -0.2) is 39.5 Å². The number of carbonyl (C=O) groups is 1. The molecule has 0 radical (unpaired) electrons. The molecule has 3 aromatic rings. The van der Waals surface area contributed by atoms with E-state index in [1.807, 2.05) is 6.92 Å². The molecule has 0 spiro atoms. The maximum Gasteiger partial charge on any atom is 0.255 e. The predicted octanol–water partition coefficient (Wildman–Crippen LogP) is 4.28. The van der Waals surface area contributed by atoms with E-state index >= 15 is 0 Å². The summed E-state index contributed by atoms with van der Waals surface area (Å²) in [5.74, 6) is 0.608. The number of fused-ring (bicyclic) bond motifs is 1. The SMILES string of the molecule is Cc1[nH]c2c(-c3cc(F)ccc3OCC3CC3)ncnc2c1C(=O)N[C@H]1CC[C@@H](N)CC1.Cl. The van der Waals surface area contributed by atoms with Gasteiger partial charge in [0.1, 0.15) is 29.1 Å². The predicted molar refractivity (Wildman–Crippen MR) is 127 cm³/mol. The highest BCUT2D eigenvalue weighted by Gasteiger charge is 2.26. The van der Waals surface area contributed by atoms with Crippen LogP contribution < -0.4 is 15.8 Å². The van der Waals surface area contributed by atoms with Crippen molar-refractivity contribution in [2.24, 2.45) is 11.7 Å². The fourth-order valence-electron chi connectivity index (χ4n) is 4.43. The van der Waals surface area contributed by atoms with E-state index in [1.54, 1.807) is 6.07 Å². The van der Waals surface area contributed by atoms with E-state index < -0.39 is 0 Å². The van der Waals surface area contributed by atoms with Crippen molar-refractivity contribution < 1.29 is 13.9 Å². The fourth-order valence-corrected chi connectivity index (χ4v) is 4.43. The molecule has 2 aliphatic rings. The largest absolute Gasteiger partial charge is 0.493 e. The zero-order chi connectivity index (χ0) is 22.2. The lowest BCUT2D eigenvalue weighted by Crippen LogP contribution is -2.40. The Bertz CT molecular complexity index is 1160. The van der Waals surface area contributed by atoms with Crippen molar-refractivity contribution >= 4 is 29.3 Å². The molecular formula is C24H29ClFN5O2. The molecule has 2 aromatic heterocycles. The van der Waals surface area contributed by atoms with Crippen molar-refractivity contribution in [2.75, 3.05) is 6.61 Å². The van der Waals surface area contributed by atoms with Crippen LogP contribution in [0.3, 0.4) is 0 Å². The summed E-state index contributed by atoms with van der Waals surface area (Å²) in [6.45, 7) is 2.45. The number of rotatable bonds is 6. The number of H-pyrrole nitrogens is 1. The van der Waals surface area contributed by atoms with E-state index in [0.29, 0.717) is 51.8 Å². The molecule has 1 amide bonds. The topological polar surface area (TPSA) is 106 Å². The second kappa shape index (κ2) is 9.65. The van der Waals surface area contributed by atoms with Gasteiger partial charge in [0, 0.05) is 23.3 Å². The molecule has 7 nitrogen and oxygen atoms in total. The number of benzene rings is 1. The number of nitrogens with one attached hydrogen (secondary N) is 2. The first kappa shape index (κ1) is 23.4. The third-order valence-electron chi connectivity index (χ3n) is 6.47. The first-order valence-electron chi connectivity index (χ1n) is 11.3. The van der Waals surface area contributed by atoms with Gasteiger partial charge in [0.25, 0.3) is 5.91 Å². The van der Waals surface area contributed by atoms with Crippen molar-refractivity contribution in [3.8, 4) is 17.0 Å². The quantitative estimate of drug-likeness (QED) is 0.495. The van der Waals surface area contributed by atoms with Crippen LogP contribution in [0.1, 0.15) is 54.6 Å². The maximum absolute atomic E-state index is 14.2. The first-order valence-corrected chi connectivity index (χ1v) is 11.3. The number of aromatic amines is 1. The van der Waals surface area contributed by atoms with Gasteiger partial charge in [0.05, 0.1) is 17.7 Å². The number of nitrogens with zero attached hydrogens (tertiary/aromatic N) is 2. The summed E-state index contributed by atoms with van der Waals surface area (Å²) < 4.78 is 20.1. The molecule has 33 heavy (non-hydrogen) atoms. The van der Waals surface area contributed by atoms with Crippen molar-refractivity contribution in [1.29, 1.82) is 0 Å². The van der Waals surface area contributed by atoms with Crippen molar-refractivity contribution in [3.63, 3.8) is 0 Å². The molecule has 0 bridgehead atoms. The number of hydrogen-bond donors (Lipinski definition) is 3. The number of ether oxygens (including phenoxy) is 1.